The van der Waals surface area contributed by atoms with E-state index in [1.807, 2.05) is 13.8 Å². The highest BCUT2D eigenvalue weighted by Gasteiger charge is 2.39. The summed E-state index contributed by atoms with van der Waals surface area (Å²) < 4.78 is 42.4. The van der Waals surface area contributed by atoms with Crippen LogP contribution in [0.5, 0.6) is 0 Å². The first-order valence-corrected chi connectivity index (χ1v) is 7.13. The average Bonchev–Trinajstić information content (AvgIpc) is 2.25. The van der Waals surface area contributed by atoms with Crippen molar-refractivity contribution < 1.29 is 22.7 Å². The van der Waals surface area contributed by atoms with Crippen molar-refractivity contribution in [1.29, 1.82) is 0 Å². The van der Waals surface area contributed by atoms with Gasteiger partial charge in [-0.3, -0.25) is 15.0 Å². The van der Waals surface area contributed by atoms with Gasteiger partial charge in [-0.15, -0.1) is 0 Å². The summed E-state index contributed by atoms with van der Waals surface area (Å²) in [7, 11) is 1.40. The highest BCUT2D eigenvalue weighted by molar-refractivity contribution is 5.80. The molecule has 0 spiro atoms. The minimum atomic E-state index is -4.26. The van der Waals surface area contributed by atoms with Crippen molar-refractivity contribution in [3.8, 4) is 0 Å². The van der Waals surface area contributed by atoms with E-state index in [0.717, 1.165) is 0 Å². The van der Waals surface area contributed by atoms with Crippen LogP contribution in [0.1, 0.15) is 41.0 Å². The van der Waals surface area contributed by atoms with Crippen LogP contribution < -0.4 is 5.32 Å². The summed E-state index contributed by atoms with van der Waals surface area (Å²) in [5, 5.41) is 3.11. The molecule has 0 aromatic rings. The molecular formula is C14H27F3N2O2. The summed E-state index contributed by atoms with van der Waals surface area (Å²) in [6, 6.07) is -0.410. The lowest BCUT2D eigenvalue weighted by Gasteiger charge is -2.36. The van der Waals surface area contributed by atoms with Crippen LogP contribution in [0, 0.1) is 0 Å². The third-order valence-electron chi connectivity index (χ3n) is 3.22. The maximum Gasteiger partial charge on any atom is 0.401 e. The highest BCUT2D eigenvalue weighted by atomic mass is 19.4. The Balaban J connectivity index is 4.91. The molecule has 2 unspecified atom stereocenters. The van der Waals surface area contributed by atoms with Gasteiger partial charge in [-0.1, -0.05) is 0 Å². The molecule has 0 fully saturated rings. The number of rotatable bonds is 8. The molecule has 0 saturated carbocycles. The Morgan fingerprint density at radius 3 is 2.19 bits per heavy atom. The standard InChI is InChI=1S/C14H27F3N2O2/c1-7-21-12(20)13(5,18-10(2)3)8-11(4)19(6)9-14(15,16)17/h10-11,18H,7-9H2,1-6H3. The molecule has 0 saturated heterocycles. The molecule has 0 aromatic heterocycles. The largest absolute Gasteiger partial charge is 0.465 e. The van der Waals surface area contributed by atoms with Gasteiger partial charge in [0.2, 0.25) is 0 Å². The van der Waals surface area contributed by atoms with E-state index in [1.165, 1.54) is 11.9 Å². The minimum absolute atomic E-state index is 0.0135. The summed E-state index contributed by atoms with van der Waals surface area (Å²) in [5.74, 6) is -0.439. The third kappa shape index (κ3) is 7.66. The smallest absolute Gasteiger partial charge is 0.401 e. The molecule has 0 amide bonds. The molecule has 126 valence electrons. The molecule has 0 aliphatic carbocycles. The van der Waals surface area contributed by atoms with Crippen LogP contribution in [0.2, 0.25) is 0 Å². The van der Waals surface area contributed by atoms with E-state index in [1.54, 1.807) is 20.8 Å². The van der Waals surface area contributed by atoms with Crippen LogP contribution >= 0.6 is 0 Å². The number of carbonyl (C=O) groups excluding carboxylic acids is 1. The van der Waals surface area contributed by atoms with Crippen LogP contribution in [-0.4, -0.2) is 54.9 Å². The molecule has 2 atom stereocenters. The number of ether oxygens (including phenoxy) is 1. The first-order valence-electron chi connectivity index (χ1n) is 7.13. The van der Waals surface area contributed by atoms with E-state index >= 15 is 0 Å². The molecule has 1 N–H and O–H groups in total. The van der Waals surface area contributed by atoms with Gasteiger partial charge < -0.3 is 4.74 Å². The van der Waals surface area contributed by atoms with Crippen LogP contribution in [0.4, 0.5) is 13.2 Å². The topological polar surface area (TPSA) is 41.6 Å². The predicted molar refractivity (Wildman–Crippen MR) is 76.1 cm³/mol. The fourth-order valence-corrected chi connectivity index (χ4v) is 2.31. The van der Waals surface area contributed by atoms with E-state index in [9.17, 15) is 18.0 Å². The molecule has 7 heteroatoms. The van der Waals surface area contributed by atoms with Crippen molar-refractivity contribution in [2.24, 2.45) is 0 Å². The molecule has 0 bridgehead atoms. The molecule has 0 aromatic carbocycles. The van der Waals surface area contributed by atoms with Crippen molar-refractivity contribution in [3.05, 3.63) is 0 Å². The van der Waals surface area contributed by atoms with Crippen LogP contribution in [0.3, 0.4) is 0 Å². The first-order chi connectivity index (χ1) is 9.41. The van der Waals surface area contributed by atoms with Crippen molar-refractivity contribution >= 4 is 5.97 Å². The van der Waals surface area contributed by atoms with E-state index in [2.05, 4.69) is 5.32 Å². The number of carbonyl (C=O) groups is 1. The third-order valence-corrected chi connectivity index (χ3v) is 3.22. The van der Waals surface area contributed by atoms with Crippen LogP contribution in [-0.2, 0) is 9.53 Å². The van der Waals surface area contributed by atoms with Crippen LogP contribution in [0.15, 0.2) is 0 Å². The Morgan fingerprint density at radius 2 is 1.81 bits per heavy atom. The lowest BCUT2D eigenvalue weighted by atomic mass is 9.92. The van der Waals surface area contributed by atoms with Gasteiger partial charge >= 0.3 is 12.1 Å². The van der Waals surface area contributed by atoms with Crippen LogP contribution in [0.25, 0.3) is 0 Å². The van der Waals surface area contributed by atoms with Gasteiger partial charge in [0.1, 0.15) is 5.54 Å². The summed E-state index contributed by atoms with van der Waals surface area (Å²) in [4.78, 5) is 13.3. The number of nitrogens with zero attached hydrogens (tertiary/aromatic N) is 1. The van der Waals surface area contributed by atoms with E-state index in [0.29, 0.717) is 0 Å². The second kappa shape index (κ2) is 7.98. The second-order valence-corrected chi connectivity index (χ2v) is 5.94. The number of hydrogen-bond donors (Lipinski definition) is 1. The molecule has 0 radical (unpaired) electrons. The zero-order valence-electron chi connectivity index (χ0n) is 13.7. The lowest BCUT2D eigenvalue weighted by Crippen LogP contribution is -2.56. The maximum atomic E-state index is 12.4. The Hall–Kier alpha value is -0.820. The maximum absolute atomic E-state index is 12.4. The zero-order valence-corrected chi connectivity index (χ0v) is 13.7. The average molecular weight is 312 g/mol. The number of hydrogen-bond acceptors (Lipinski definition) is 4. The number of alkyl halides is 3. The van der Waals surface area contributed by atoms with Crippen molar-refractivity contribution in [1.82, 2.24) is 10.2 Å². The quantitative estimate of drug-likeness (QED) is 0.700. The Morgan fingerprint density at radius 1 is 1.29 bits per heavy atom. The van der Waals surface area contributed by atoms with Gasteiger partial charge in [0, 0.05) is 12.1 Å². The summed E-state index contributed by atoms with van der Waals surface area (Å²) in [5.41, 5.74) is -1.01. The minimum Gasteiger partial charge on any atom is -0.465 e. The van der Waals surface area contributed by atoms with Gasteiger partial charge in [-0.25, -0.2) is 0 Å². The first kappa shape index (κ1) is 20.2. The summed E-state index contributed by atoms with van der Waals surface area (Å²) in [6.45, 7) is 8.03. The van der Waals surface area contributed by atoms with Gasteiger partial charge in [-0.2, -0.15) is 13.2 Å². The predicted octanol–water partition coefficient (Wildman–Crippen LogP) is 2.58. The number of nitrogens with one attached hydrogen (secondary N) is 1. The molecular weight excluding hydrogens is 285 g/mol. The lowest BCUT2D eigenvalue weighted by molar-refractivity contribution is -0.154. The molecule has 4 nitrogen and oxygen atoms in total. The summed E-state index contributed by atoms with van der Waals surface area (Å²) in [6.07, 6.45) is -4.02. The zero-order chi connectivity index (χ0) is 16.8. The molecule has 21 heavy (non-hydrogen) atoms. The normalized spacial score (nSPS) is 16.9. The Bertz CT molecular complexity index is 335. The monoisotopic (exact) mass is 312 g/mol. The molecule has 0 aliphatic heterocycles. The van der Waals surface area contributed by atoms with Crippen molar-refractivity contribution in [2.75, 3.05) is 20.2 Å². The fourth-order valence-electron chi connectivity index (χ4n) is 2.31. The van der Waals surface area contributed by atoms with E-state index in [4.69, 9.17) is 4.74 Å². The molecule has 0 rings (SSSR count). The van der Waals surface area contributed by atoms with Gasteiger partial charge in [-0.05, 0) is 48.1 Å². The van der Waals surface area contributed by atoms with Crippen molar-refractivity contribution in [2.45, 2.75) is 64.8 Å². The number of esters is 1. The SMILES string of the molecule is CCOC(=O)C(C)(CC(C)N(C)CC(F)(F)F)NC(C)C. The molecule has 0 heterocycles. The Labute approximate surface area is 125 Å². The molecule has 0 aliphatic rings. The summed E-state index contributed by atoms with van der Waals surface area (Å²) >= 11 is 0. The van der Waals surface area contributed by atoms with Crippen molar-refractivity contribution in [3.63, 3.8) is 0 Å². The second-order valence-electron chi connectivity index (χ2n) is 5.94. The Kier molecular flexibility index (Phi) is 7.67. The van der Waals surface area contributed by atoms with E-state index < -0.39 is 30.3 Å². The van der Waals surface area contributed by atoms with Gasteiger partial charge in [0.25, 0.3) is 0 Å². The highest BCUT2D eigenvalue weighted by Crippen LogP contribution is 2.22. The van der Waals surface area contributed by atoms with E-state index in [-0.39, 0.29) is 19.1 Å². The fraction of sp³-hybridized carbons (Fsp3) is 0.929. The van der Waals surface area contributed by atoms with Gasteiger partial charge in [0.15, 0.2) is 0 Å². The van der Waals surface area contributed by atoms with Gasteiger partial charge in [0.05, 0.1) is 13.2 Å². The number of halogens is 3.